The van der Waals surface area contributed by atoms with E-state index in [1.165, 1.54) is 0 Å². The lowest BCUT2D eigenvalue weighted by atomic mass is 10.1. The smallest absolute Gasteiger partial charge is 0.156 e. The average Bonchev–Trinajstić information content (AvgIpc) is 2.67. The monoisotopic (exact) mass is 202 g/mol. The zero-order valence-electron chi connectivity index (χ0n) is 8.82. The molecule has 0 radical (unpaired) electrons. The van der Waals surface area contributed by atoms with Gasteiger partial charge < -0.3 is 4.74 Å². The standard InChI is InChI=1S/C13H14O2/c1-2-15-13-7-4-10(5-8-13)11-3-6-12(14)9-11/h4-5,7-9H,2-3,6H2,1H3. The number of benzene rings is 1. The zero-order valence-corrected chi connectivity index (χ0v) is 8.82. The Morgan fingerprint density at radius 1 is 1.20 bits per heavy atom. The number of carbonyl (C=O) groups is 1. The summed E-state index contributed by atoms with van der Waals surface area (Å²) in [6.07, 6.45) is 3.27. The Labute approximate surface area is 89.6 Å². The van der Waals surface area contributed by atoms with Gasteiger partial charge in [0.15, 0.2) is 5.78 Å². The molecule has 1 aromatic rings. The third-order valence-corrected chi connectivity index (χ3v) is 2.51. The lowest BCUT2D eigenvalue weighted by Gasteiger charge is -2.05. The minimum absolute atomic E-state index is 0.235. The first-order chi connectivity index (χ1) is 7.29. The maximum atomic E-state index is 11.1. The molecule has 0 bridgehead atoms. The summed E-state index contributed by atoms with van der Waals surface area (Å²) in [5.41, 5.74) is 2.27. The highest BCUT2D eigenvalue weighted by atomic mass is 16.5. The van der Waals surface area contributed by atoms with Gasteiger partial charge >= 0.3 is 0 Å². The molecule has 0 aliphatic heterocycles. The van der Waals surface area contributed by atoms with Crippen LogP contribution in [0.3, 0.4) is 0 Å². The molecule has 0 atom stereocenters. The van der Waals surface area contributed by atoms with E-state index >= 15 is 0 Å². The minimum Gasteiger partial charge on any atom is -0.494 e. The van der Waals surface area contributed by atoms with E-state index in [9.17, 15) is 4.79 Å². The van der Waals surface area contributed by atoms with Crippen LogP contribution in [0.4, 0.5) is 0 Å². The molecule has 1 aliphatic rings. The average molecular weight is 202 g/mol. The number of ether oxygens (including phenoxy) is 1. The second-order valence-electron chi connectivity index (χ2n) is 3.59. The molecule has 2 heteroatoms. The minimum atomic E-state index is 0.235. The molecule has 0 unspecified atom stereocenters. The zero-order chi connectivity index (χ0) is 10.7. The molecular formula is C13H14O2. The Kier molecular flexibility index (Phi) is 2.86. The molecule has 78 valence electrons. The van der Waals surface area contributed by atoms with Crippen molar-refractivity contribution in [3.8, 4) is 5.75 Å². The number of allylic oxidation sites excluding steroid dienone is 2. The van der Waals surface area contributed by atoms with Gasteiger partial charge in [0.2, 0.25) is 0 Å². The highest BCUT2D eigenvalue weighted by Gasteiger charge is 2.13. The van der Waals surface area contributed by atoms with E-state index in [2.05, 4.69) is 0 Å². The largest absolute Gasteiger partial charge is 0.494 e. The quantitative estimate of drug-likeness (QED) is 0.753. The normalized spacial score (nSPS) is 15.3. The topological polar surface area (TPSA) is 26.3 Å². The molecule has 1 aliphatic carbocycles. The van der Waals surface area contributed by atoms with Crippen LogP contribution in [-0.2, 0) is 4.79 Å². The van der Waals surface area contributed by atoms with Crippen LogP contribution in [0.25, 0.3) is 5.57 Å². The summed E-state index contributed by atoms with van der Waals surface area (Å²) in [5, 5.41) is 0. The van der Waals surface area contributed by atoms with E-state index < -0.39 is 0 Å². The predicted octanol–water partition coefficient (Wildman–Crippen LogP) is 2.83. The van der Waals surface area contributed by atoms with Crippen molar-refractivity contribution in [1.82, 2.24) is 0 Å². The predicted molar refractivity (Wildman–Crippen MR) is 59.8 cm³/mol. The van der Waals surface area contributed by atoms with E-state index in [0.717, 1.165) is 23.3 Å². The van der Waals surface area contributed by atoms with E-state index in [1.807, 2.05) is 31.2 Å². The van der Waals surface area contributed by atoms with Gasteiger partial charge in [-0.25, -0.2) is 0 Å². The Morgan fingerprint density at radius 3 is 2.47 bits per heavy atom. The van der Waals surface area contributed by atoms with Gasteiger partial charge in [-0.1, -0.05) is 12.1 Å². The molecule has 2 nitrogen and oxygen atoms in total. The van der Waals surface area contributed by atoms with Crippen molar-refractivity contribution in [3.63, 3.8) is 0 Å². The molecule has 1 aromatic carbocycles. The van der Waals surface area contributed by atoms with E-state index in [-0.39, 0.29) is 5.78 Å². The van der Waals surface area contributed by atoms with Gasteiger partial charge in [-0.05, 0) is 42.7 Å². The number of ketones is 1. The van der Waals surface area contributed by atoms with Crippen molar-refractivity contribution in [3.05, 3.63) is 35.9 Å². The molecular weight excluding hydrogens is 188 g/mol. The summed E-state index contributed by atoms with van der Waals surface area (Å²) < 4.78 is 5.36. The highest BCUT2D eigenvalue weighted by Crippen LogP contribution is 2.27. The third-order valence-electron chi connectivity index (χ3n) is 2.51. The summed E-state index contributed by atoms with van der Waals surface area (Å²) in [5.74, 6) is 1.12. The van der Waals surface area contributed by atoms with E-state index in [4.69, 9.17) is 4.74 Å². The van der Waals surface area contributed by atoms with Crippen molar-refractivity contribution in [2.24, 2.45) is 0 Å². The van der Waals surface area contributed by atoms with Crippen molar-refractivity contribution in [2.45, 2.75) is 19.8 Å². The molecule has 0 N–H and O–H groups in total. The van der Waals surface area contributed by atoms with Crippen LogP contribution >= 0.6 is 0 Å². The van der Waals surface area contributed by atoms with Gasteiger partial charge in [0, 0.05) is 6.42 Å². The maximum absolute atomic E-state index is 11.1. The molecule has 0 saturated heterocycles. The van der Waals surface area contributed by atoms with Crippen LogP contribution in [0.15, 0.2) is 30.3 Å². The number of hydrogen-bond acceptors (Lipinski definition) is 2. The highest BCUT2D eigenvalue weighted by molar-refractivity contribution is 6.01. The van der Waals surface area contributed by atoms with Crippen molar-refractivity contribution in [1.29, 1.82) is 0 Å². The van der Waals surface area contributed by atoms with Gasteiger partial charge in [-0.2, -0.15) is 0 Å². The van der Waals surface area contributed by atoms with Gasteiger partial charge in [0.05, 0.1) is 6.61 Å². The Bertz CT molecular complexity index is 388. The van der Waals surface area contributed by atoms with Crippen LogP contribution < -0.4 is 4.74 Å². The van der Waals surface area contributed by atoms with Crippen LogP contribution in [0.2, 0.25) is 0 Å². The molecule has 0 aromatic heterocycles. The van der Waals surface area contributed by atoms with Crippen LogP contribution in [-0.4, -0.2) is 12.4 Å². The lowest BCUT2D eigenvalue weighted by molar-refractivity contribution is -0.114. The summed E-state index contributed by atoms with van der Waals surface area (Å²) in [6, 6.07) is 7.91. The molecule has 0 spiro atoms. The van der Waals surface area contributed by atoms with Crippen LogP contribution in [0.1, 0.15) is 25.3 Å². The summed E-state index contributed by atoms with van der Waals surface area (Å²) in [4.78, 5) is 11.1. The Hall–Kier alpha value is -1.57. The second kappa shape index (κ2) is 4.30. The Balaban J connectivity index is 2.17. The Morgan fingerprint density at radius 2 is 1.93 bits per heavy atom. The first kappa shape index (κ1) is 9.97. The number of rotatable bonds is 3. The fourth-order valence-electron chi connectivity index (χ4n) is 1.76. The third kappa shape index (κ3) is 2.27. The second-order valence-corrected chi connectivity index (χ2v) is 3.59. The first-order valence-electron chi connectivity index (χ1n) is 5.26. The maximum Gasteiger partial charge on any atom is 0.156 e. The van der Waals surface area contributed by atoms with Crippen molar-refractivity contribution >= 4 is 11.4 Å². The number of hydrogen-bond donors (Lipinski definition) is 0. The first-order valence-corrected chi connectivity index (χ1v) is 5.26. The molecule has 0 saturated carbocycles. The van der Waals surface area contributed by atoms with E-state index in [1.54, 1.807) is 6.08 Å². The van der Waals surface area contributed by atoms with Crippen LogP contribution in [0, 0.1) is 0 Å². The SMILES string of the molecule is CCOc1ccc(C2=CC(=O)CC2)cc1. The molecule has 0 heterocycles. The van der Waals surface area contributed by atoms with Crippen LogP contribution in [0.5, 0.6) is 5.75 Å². The van der Waals surface area contributed by atoms with Gasteiger partial charge in [-0.3, -0.25) is 4.79 Å². The van der Waals surface area contributed by atoms with Gasteiger partial charge in [0.25, 0.3) is 0 Å². The van der Waals surface area contributed by atoms with Gasteiger partial charge in [0.1, 0.15) is 5.75 Å². The number of carbonyl (C=O) groups excluding carboxylic acids is 1. The fourth-order valence-corrected chi connectivity index (χ4v) is 1.76. The summed E-state index contributed by atoms with van der Waals surface area (Å²) in [6.45, 7) is 2.65. The molecule has 2 rings (SSSR count). The van der Waals surface area contributed by atoms with Gasteiger partial charge in [-0.15, -0.1) is 0 Å². The molecule has 15 heavy (non-hydrogen) atoms. The van der Waals surface area contributed by atoms with Crippen molar-refractivity contribution < 1.29 is 9.53 Å². The van der Waals surface area contributed by atoms with Crippen molar-refractivity contribution in [2.75, 3.05) is 6.61 Å². The molecule has 0 amide bonds. The van der Waals surface area contributed by atoms with E-state index in [0.29, 0.717) is 13.0 Å². The lowest BCUT2D eigenvalue weighted by Crippen LogP contribution is -1.91. The summed E-state index contributed by atoms with van der Waals surface area (Å²) in [7, 11) is 0. The fraction of sp³-hybridized carbons (Fsp3) is 0.308. The molecule has 0 fully saturated rings. The summed E-state index contributed by atoms with van der Waals surface area (Å²) >= 11 is 0.